The van der Waals surface area contributed by atoms with Crippen LogP contribution in [0.3, 0.4) is 0 Å². The third-order valence-corrected chi connectivity index (χ3v) is 4.01. The summed E-state index contributed by atoms with van der Waals surface area (Å²) in [6.07, 6.45) is 0.501. The predicted octanol–water partition coefficient (Wildman–Crippen LogP) is 2.73. The molecule has 0 saturated heterocycles. The summed E-state index contributed by atoms with van der Waals surface area (Å²) in [4.78, 5) is 25.4. The molecule has 3 rings (SSSR count). The lowest BCUT2D eigenvalue weighted by molar-refractivity contribution is -0.138. The first-order chi connectivity index (χ1) is 10.6. The highest BCUT2D eigenvalue weighted by Gasteiger charge is 2.33. The van der Waals surface area contributed by atoms with Crippen LogP contribution in [0.15, 0.2) is 54.6 Å². The summed E-state index contributed by atoms with van der Waals surface area (Å²) in [5, 5.41) is 9.19. The summed E-state index contributed by atoms with van der Waals surface area (Å²) in [6, 6.07) is 16.8. The standard InChI is InChI=1S/C18H17NO3/c20-17(21)11-15(10-13-6-2-1-3-7-13)19-12-14-8-4-5-9-16(14)18(19)22/h1-9,15H,10-12H2,(H,20,21). The molecule has 0 aromatic heterocycles. The molecule has 0 aliphatic carbocycles. The van der Waals surface area contributed by atoms with Crippen LogP contribution in [-0.4, -0.2) is 27.9 Å². The molecule has 0 radical (unpaired) electrons. The summed E-state index contributed by atoms with van der Waals surface area (Å²) >= 11 is 0. The second kappa shape index (κ2) is 6.02. The van der Waals surface area contributed by atoms with Crippen molar-refractivity contribution in [3.63, 3.8) is 0 Å². The number of carboxylic acid groups (broad SMARTS) is 1. The molecule has 0 fully saturated rings. The van der Waals surface area contributed by atoms with Crippen molar-refractivity contribution in [1.82, 2.24) is 4.90 Å². The summed E-state index contributed by atoms with van der Waals surface area (Å²) in [5.41, 5.74) is 2.69. The van der Waals surface area contributed by atoms with Crippen molar-refractivity contribution in [1.29, 1.82) is 0 Å². The van der Waals surface area contributed by atoms with Crippen LogP contribution in [0.1, 0.15) is 27.9 Å². The summed E-state index contributed by atoms with van der Waals surface area (Å²) < 4.78 is 0. The molecule has 1 aliphatic heterocycles. The molecule has 4 heteroatoms. The van der Waals surface area contributed by atoms with Crippen LogP contribution in [0.25, 0.3) is 0 Å². The van der Waals surface area contributed by atoms with Crippen molar-refractivity contribution >= 4 is 11.9 Å². The molecule has 0 spiro atoms. The van der Waals surface area contributed by atoms with E-state index >= 15 is 0 Å². The summed E-state index contributed by atoms with van der Waals surface area (Å²) in [5.74, 6) is -0.956. The highest BCUT2D eigenvalue weighted by atomic mass is 16.4. The minimum Gasteiger partial charge on any atom is -0.481 e. The van der Waals surface area contributed by atoms with Gasteiger partial charge in [0.1, 0.15) is 0 Å². The van der Waals surface area contributed by atoms with Gasteiger partial charge in [-0.15, -0.1) is 0 Å². The molecule has 2 aromatic rings. The Kier molecular flexibility index (Phi) is 3.92. The Balaban J connectivity index is 1.85. The lowest BCUT2D eigenvalue weighted by atomic mass is 10.0. The van der Waals surface area contributed by atoms with Crippen LogP contribution in [0.2, 0.25) is 0 Å². The van der Waals surface area contributed by atoms with Crippen molar-refractivity contribution in [3.05, 3.63) is 71.3 Å². The van der Waals surface area contributed by atoms with Crippen molar-refractivity contribution < 1.29 is 14.7 Å². The number of carboxylic acids is 1. The molecule has 1 N–H and O–H groups in total. The Morgan fingerprint density at radius 1 is 1.09 bits per heavy atom. The van der Waals surface area contributed by atoms with Gasteiger partial charge in [-0.2, -0.15) is 0 Å². The smallest absolute Gasteiger partial charge is 0.305 e. The van der Waals surface area contributed by atoms with Crippen molar-refractivity contribution in [3.8, 4) is 0 Å². The topological polar surface area (TPSA) is 57.6 Å². The van der Waals surface area contributed by atoms with Gasteiger partial charge >= 0.3 is 5.97 Å². The third-order valence-electron chi connectivity index (χ3n) is 4.01. The van der Waals surface area contributed by atoms with E-state index in [1.54, 1.807) is 11.0 Å². The summed E-state index contributed by atoms with van der Waals surface area (Å²) in [7, 11) is 0. The molecule has 112 valence electrons. The van der Waals surface area contributed by atoms with Crippen LogP contribution in [0.5, 0.6) is 0 Å². The fourth-order valence-electron chi connectivity index (χ4n) is 2.95. The molecule has 2 aromatic carbocycles. The number of amides is 1. The van der Waals surface area contributed by atoms with Crippen LogP contribution in [-0.2, 0) is 17.8 Å². The van der Waals surface area contributed by atoms with Gasteiger partial charge in [0.15, 0.2) is 0 Å². The number of hydrogen-bond donors (Lipinski definition) is 1. The van der Waals surface area contributed by atoms with Gasteiger partial charge in [0, 0.05) is 18.2 Å². The molecule has 0 saturated carbocycles. The van der Waals surface area contributed by atoms with Gasteiger partial charge in [-0.25, -0.2) is 0 Å². The predicted molar refractivity (Wildman–Crippen MR) is 82.5 cm³/mol. The van der Waals surface area contributed by atoms with Gasteiger partial charge in [-0.05, 0) is 23.6 Å². The highest BCUT2D eigenvalue weighted by molar-refractivity contribution is 5.98. The molecular formula is C18H17NO3. The fraction of sp³-hybridized carbons (Fsp3) is 0.222. The van der Waals surface area contributed by atoms with Gasteiger partial charge in [-0.3, -0.25) is 9.59 Å². The van der Waals surface area contributed by atoms with Crippen LogP contribution < -0.4 is 0 Å². The molecule has 0 bridgehead atoms. The molecule has 22 heavy (non-hydrogen) atoms. The average molecular weight is 295 g/mol. The Morgan fingerprint density at radius 2 is 1.77 bits per heavy atom. The molecule has 1 amide bonds. The van der Waals surface area contributed by atoms with E-state index in [0.717, 1.165) is 11.1 Å². The second-order valence-corrected chi connectivity index (χ2v) is 5.53. The van der Waals surface area contributed by atoms with Gasteiger partial charge in [0.05, 0.1) is 6.42 Å². The largest absolute Gasteiger partial charge is 0.481 e. The number of benzene rings is 2. The number of rotatable bonds is 5. The number of aliphatic carboxylic acids is 1. The van der Waals surface area contributed by atoms with E-state index in [0.29, 0.717) is 18.5 Å². The van der Waals surface area contributed by atoms with Crippen molar-refractivity contribution in [2.24, 2.45) is 0 Å². The minimum atomic E-state index is -0.885. The first kappa shape index (κ1) is 14.3. The molecule has 1 heterocycles. The van der Waals surface area contributed by atoms with E-state index in [9.17, 15) is 14.7 Å². The van der Waals surface area contributed by atoms with E-state index < -0.39 is 5.97 Å². The quantitative estimate of drug-likeness (QED) is 0.922. The monoisotopic (exact) mass is 295 g/mol. The van der Waals surface area contributed by atoms with Gasteiger partial charge < -0.3 is 10.0 Å². The first-order valence-corrected chi connectivity index (χ1v) is 7.30. The molecule has 4 nitrogen and oxygen atoms in total. The zero-order valence-corrected chi connectivity index (χ0v) is 12.1. The van der Waals surface area contributed by atoms with E-state index in [1.807, 2.05) is 48.5 Å². The van der Waals surface area contributed by atoms with Crippen molar-refractivity contribution in [2.75, 3.05) is 0 Å². The Bertz CT molecular complexity index is 696. The molecular weight excluding hydrogens is 278 g/mol. The minimum absolute atomic E-state index is 0.0470. The molecule has 1 unspecified atom stereocenters. The fourth-order valence-corrected chi connectivity index (χ4v) is 2.95. The lowest BCUT2D eigenvalue weighted by Crippen LogP contribution is -2.38. The zero-order chi connectivity index (χ0) is 15.5. The van der Waals surface area contributed by atoms with Crippen molar-refractivity contribution in [2.45, 2.75) is 25.4 Å². The Labute approximate surface area is 129 Å². The maximum Gasteiger partial charge on any atom is 0.305 e. The Hall–Kier alpha value is -2.62. The SMILES string of the molecule is O=C(O)CC(Cc1ccccc1)N1Cc2ccccc2C1=O. The molecule has 1 aliphatic rings. The van der Waals surface area contributed by atoms with E-state index in [-0.39, 0.29) is 18.4 Å². The number of hydrogen-bond acceptors (Lipinski definition) is 2. The first-order valence-electron chi connectivity index (χ1n) is 7.30. The van der Waals surface area contributed by atoms with Gasteiger partial charge in [0.2, 0.25) is 0 Å². The number of nitrogens with zero attached hydrogens (tertiary/aromatic N) is 1. The average Bonchev–Trinajstić information content (AvgIpc) is 2.85. The third kappa shape index (κ3) is 2.86. The number of carbonyl (C=O) groups is 2. The van der Waals surface area contributed by atoms with Crippen LogP contribution in [0, 0.1) is 0 Å². The lowest BCUT2D eigenvalue weighted by Gasteiger charge is -2.26. The van der Waals surface area contributed by atoms with E-state index in [1.165, 1.54) is 0 Å². The van der Waals surface area contributed by atoms with E-state index in [4.69, 9.17) is 0 Å². The van der Waals surface area contributed by atoms with E-state index in [2.05, 4.69) is 0 Å². The number of carbonyl (C=O) groups excluding carboxylic acids is 1. The number of fused-ring (bicyclic) bond motifs is 1. The van der Waals surface area contributed by atoms with Gasteiger partial charge in [0.25, 0.3) is 5.91 Å². The second-order valence-electron chi connectivity index (χ2n) is 5.53. The maximum atomic E-state index is 12.5. The van der Waals surface area contributed by atoms with Crippen LogP contribution in [0.4, 0.5) is 0 Å². The zero-order valence-electron chi connectivity index (χ0n) is 12.1. The maximum absolute atomic E-state index is 12.5. The van der Waals surface area contributed by atoms with Gasteiger partial charge in [-0.1, -0.05) is 48.5 Å². The van der Waals surface area contributed by atoms with Crippen LogP contribution >= 0.6 is 0 Å². The normalized spacial score (nSPS) is 14.7. The summed E-state index contributed by atoms with van der Waals surface area (Å²) in [6.45, 7) is 0.486. The Morgan fingerprint density at radius 3 is 2.45 bits per heavy atom. The molecule has 1 atom stereocenters. The highest BCUT2D eigenvalue weighted by Crippen LogP contribution is 2.26.